The molecule has 0 radical (unpaired) electrons. The summed E-state index contributed by atoms with van der Waals surface area (Å²) in [4.78, 5) is 16.5. The van der Waals surface area contributed by atoms with Gasteiger partial charge < -0.3 is 10.1 Å². The van der Waals surface area contributed by atoms with Gasteiger partial charge in [0, 0.05) is 5.56 Å². The van der Waals surface area contributed by atoms with E-state index >= 15 is 0 Å². The molecule has 0 saturated heterocycles. The molecule has 0 saturated carbocycles. The van der Waals surface area contributed by atoms with Crippen molar-refractivity contribution in [1.82, 2.24) is 4.98 Å². The van der Waals surface area contributed by atoms with Gasteiger partial charge in [0.05, 0.1) is 17.5 Å². The van der Waals surface area contributed by atoms with Gasteiger partial charge in [-0.05, 0) is 67.0 Å². The molecule has 2 aromatic rings. The largest absolute Gasteiger partial charge is 0.491 e. The summed E-state index contributed by atoms with van der Waals surface area (Å²) in [6, 6.07) is 10.7. The number of amides is 1. The molecular formula is C16H17BrN2O2. The summed E-state index contributed by atoms with van der Waals surface area (Å²) in [6.07, 6.45) is 0.0706. The Kier molecular flexibility index (Phi) is 4.96. The van der Waals surface area contributed by atoms with Crippen molar-refractivity contribution >= 4 is 27.5 Å². The molecule has 2 rings (SSSR count). The molecule has 0 fully saturated rings. The number of rotatable bonds is 4. The van der Waals surface area contributed by atoms with E-state index in [0.717, 1.165) is 10.3 Å². The molecular weight excluding hydrogens is 332 g/mol. The number of carbonyl (C=O) groups excluding carboxylic acids is 1. The van der Waals surface area contributed by atoms with Crippen molar-refractivity contribution in [3.8, 4) is 5.75 Å². The minimum Gasteiger partial charge on any atom is -0.491 e. The lowest BCUT2D eigenvalue weighted by atomic mass is 10.2. The molecule has 0 bridgehead atoms. The van der Waals surface area contributed by atoms with Crippen molar-refractivity contribution in [2.75, 3.05) is 5.32 Å². The molecule has 0 aliphatic heterocycles. The first-order valence-electron chi connectivity index (χ1n) is 6.67. The van der Waals surface area contributed by atoms with Crippen molar-refractivity contribution < 1.29 is 9.53 Å². The highest BCUT2D eigenvalue weighted by Crippen LogP contribution is 2.19. The third-order valence-electron chi connectivity index (χ3n) is 2.77. The zero-order valence-corrected chi connectivity index (χ0v) is 13.8. The van der Waals surface area contributed by atoms with E-state index in [1.54, 1.807) is 24.3 Å². The summed E-state index contributed by atoms with van der Waals surface area (Å²) >= 11 is 3.30. The monoisotopic (exact) mass is 348 g/mol. The Labute approximate surface area is 132 Å². The lowest BCUT2D eigenvalue weighted by Crippen LogP contribution is -2.14. The van der Waals surface area contributed by atoms with E-state index in [4.69, 9.17) is 4.74 Å². The van der Waals surface area contributed by atoms with Crippen molar-refractivity contribution in [2.24, 2.45) is 0 Å². The van der Waals surface area contributed by atoms with Crippen LogP contribution < -0.4 is 10.1 Å². The Balaban J connectivity index is 2.16. The summed E-state index contributed by atoms with van der Waals surface area (Å²) in [5.74, 6) is 0.500. The third kappa shape index (κ3) is 4.29. The number of nitrogens with zero attached hydrogens (tertiary/aromatic N) is 1. The summed E-state index contributed by atoms with van der Waals surface area (Å²) in [5.41, 5.74) is 2.00. The number of nitrogens with one attached hydrogen (secondary N) is 1. The molecule has 4 nitrogen and oxygen atoms in total. The van der Waals surface area contributed by atoms with Gasteiger partial charge >= 0.3 is 0 Å². The van der Waals surface area contributed by atoms with Gasteiger partial charge in [0.15, 0.2) is 0 Å². The third-order valence-corrected chi connectivity index (χ3v) is 3.21. The van der Waals surface area contributed by atoms with Crippen LogP contribution >= 0.6 is 15.9 Å². The van der Waals surface area contributed by atoms with Gasteiger partial charge in [-0.1, -0.05) is 6.07 Å². The maximum absolute atomic E-state index is 12.3. The van der Waals surface area contributed by atoms with Gasteiger partial charge in [-0.15, -0.1) is 0 Å². The quantitative estimate of drug-likeness (QED) is 0.842. The molecule has 0 atom stereocenters. The van der Waals surface area contributed by atoms with E-state index < -0.39 is 0 Å². The molecule has 5 heteroatoms. The second-order valence-corrected chi connectivity index (χ2v) is 5.73. The van der Waals surface area contributed by atoms with Crippen LogP contribution in [-0.4, -0.2) is 17.0 Å². The van der Waals surface area contributed by atoms with Crippen LogP contribution in [0.5, 0.6) is 5.75 Å². The molecule has 1 aromatic heterocycles. The fourth-order valence-electron chi connectivity index (χ4n) is 1.84. The minimum absolute atomic E-state index is 0.0706. The summed E-state index contributed by atoms with van der Waals surface area (Å²) in [5, 5.41) is 2.86. The van der Waals surface area contributed by atoms with Crippen LogP contribution in [0.4, 0.5) is 5.69 Å². The SMILES string of the molecule is Cc1nc(Br)ccc1NC(=O)c1cccc(OC(C)C)c1. The van der Waals surface area contributed by atoms with E-state index in [0.29, 0.717) is 17.0 Å². The molecule has 21 heavy (non-hydrogen) atoms. The summed E-state index contributed by atoms with van der Waals surface area (Å²) in [6.45, 7) is 5.74. The number of hydrogen-bond donors (Lipinski definition) is 1. The number of ether oxygens (including phenoxy) is 1. The van der Waals surface area contributed by atoms with Gasteiger partial charge in [-0.2, -0.15) is 0 Å². The number of halogens is 1. The summed E-state index contributed by atoms with van der Waals surface area (Å²) < 4.78 is 6.34. The number of aryl methyl sites for hydroxylation is 1. The fraction of sp³-hybridized carbons (Fsp3) is 0.250. The first-order chi connectivity index (χ1) is 9.95. The lowest BCUT2D eigenvalue weighted by molar-refractivity contribution is 0.102. The van der Waals surface area contributed by atoms with Crippen molar-refractivity contribution in [2.45, 2.75) is 26.9 Å². The molecule has 0 spiro atoms. The standard InChI is InChI=1S/C16H17BrN2O2/c1-10(2)21-13-6-4-5-12(9-13)16(20)19-14-7-8-15(17)18-11(14)3/h4-10H,1-3H3,(H,19,20). The maximum atomic E-state index is 12.3. The van der Waals surface area contributed by atoms with Crippen molar-refractivity contribution in [3.05, 3.63) is 52.3 Å². The second kappa shape index (κ2) is 6.72. The molecule has 1 heterocycles. The van der Waals surface area contributed by atoms with E-state index in [1.807, 2.05) is 32.9 Å². The van der Waals surface area contributed by atoms with Crippen LogP contribution in [0.25, 0.3) is 0 Å². The Morgan fingerprint density at radius 3 is 2.71 bits per heavy atom. The topological polar surface area (TPSA) is 51.2 Å². The van der Waals surface area contributed by atoms with Crippen molar-refractivity contribution in [1.29, 1.82) is 0 Å². The number of hydrogen-bond acceptors (Lipinski definition) is 3. The lowest BCUT2D eigenvalue weighted by Gasteiger charge is -2.11. The Morgan fingerprint density at radius 2 is 2.05 bits per heavy atom. The maximum Gasteiger partial charge on any atom is 0.255 e. The zero-order chi connectivity index (χ0) is 15.4. The Morgan fingerprint density at radius 1 is 1.29 bits per heavy atom. The normalized spacial score (nSPS) is 10.5. The number of aromatic nitrogens is 1. The molecule has 0 aliphatic rings. The van der Waals surface area contributed by atoms with Crippen LogP contribution in [0.3, 0.4) is 0 Å². The zero-order valence-electron chi connectivity index (χ0n) is 12.2. The van der Waals surface area contributed by atoms with Crippen LogP contribution in [0.1, 0.15) is 29.9 Å². The summed E-state index contributed by atoms with van der Waals surface area (Å²) in [7, 11) is 0. The molecule has 1 amide bonds. The molecule has 0 unspecified atom stereocenters. The molecule has 1 aromatic carbocycles. The number of carbonyl (C=O) groups is 1. The predicted octanol–water partition coefficient (Wildman–Crippen LogP) is 4.19. The molecule has 0 aliphatic carbocycles. The van der Waals surface area contributed by atoms with Crippen LogP contribution in [-0.2, 0) is 0 Å². The van der Waals surface area contributed by atoms with Gasteiger partial charge in [-0.3, -0.25) is 4.79 Å². The van der Waals surface area contributed by atoms with E-state index in [-0.39, 0.29) is 12.0 Å². The highest BCUT2D eigenvalue weighted by molar-refractivity contribution is 9.10. The molecule has 1 N–H and O–H groups in total. The fourth-order valence-corrected chi connectivity index (χ4v) is 2.24. The average molecular weight is 349 g/mol. The second-order valence-electron chi connectivity index (χ2n) is 4.92. The van der Waals surface area contributed by atoms with Gasteiger partial charge in [0.25, 0.3) is 5.91 Å². The highest BCUT2D eigenvalue weighted by Gasteiger charge is 2.10. The number of anilines is 1. The smallest absolute Gasteiger partial charge is 0.255 e. The van der Waals surface area contributed by atoms with Gasteiger partial charge in [0.2, 0.25) is 0 Å². The Hall–Kier alpha value is -1.88. The number of pyridine rings is 1. The van der Waals surface area contributed by atoms with E-state index in [2.05, 4.69) is 26.2 Å². The van der Waals surface area contributed by atoms with E-state index in [1.165, 1.54) is 0 Å². The van der Waals surface area contributed by atoms with Crippen LogP contribution in [0.2, 0.25) is 0 Å². The number of benzene rings is 1. The van der Waals surface area contributed by atoms with Crippen molar-refractivity contribution in [3.63, 3.8) is 0 Å². The predicted molar refractivity (Wildman–Crippen MR) is 86.8 cm³/mol. The first kappa shape index (κ1) is 15.5. The minimum atomic E-state index is -0.184. The molecule has 110 valence electrons. The Bertz CT molecular complexity index is 656. The van der Waals surface area contributed by atoms with Crippen LogP contribution in [0, 0.1) is 6.92 Å². The van der Waals surface area contributed by atoms with Gasteiger partial charge in [-0.25, -0.2) is 4.98 Å². The average Bonchev–Trinajstić information content (AvgIpc) is 2.41. The first-order valence-corrected chi connectivity index (χ1v) is 7.46. The van der Waals surface area contributed by atoms with Gasteiger partial charge in [0.1, 0.15) is 10.4 Å². The van der Waals surface area contributed by atoms with E-state index in [9.17, 15) is 4.79 Å². The highest BCUT2D eigenvalue weighted by atomic mass is 79.9. The van der Waals surface area contributed by atoms with Crippen LogP contribution in [0.15, 0.2) is 41.0 Å².